The Hall–Kier alpha value is -2.07. The van der Waals surface area contributed by atoms with E-state index in [0.29, 0.717) is 11.3 Å². The third-order valence-corrected chi connectivity index (χ3v) is 2.15. The molecule has 0 fully saturated rings. The zero-order valence-corrected chi connectivity index (χ0v) is 9.99. The molecule has 1 rings (SSSR count). The van der Waals surface area contributed by atoms with Gasteiger partial charge in [-0.2, -0.15) is 18.4 Å². The molecule has 1 aromatic rings. The van der Waals surface area contributed by atoms with Gasteiger partial charge in [0.2, 0.25) is 0 Å². The zero-order valence-electron chi connectivity index (χ0n) is 9.99. The highest BCUT2D eigenvalue weighted by molar-refractivity contribution is 5.93. The summed E-state index contributed by atoms with van der Waals surface area (Å²) in [5, 5.41) is 11.0. The minimum atomic E-state index is -4.47. The van der Waals surface area contributed by atoms with E-state index in [9.17, 15) is 18.0 Å². The molecular weight excluding hydrogens is 261 g/mol. The Morgan fingerprint density at radius 1 is 1.42 bits per heavy atom. The minimum absolute atomic E-state index is 0.381. The van der Waals surface area contributed by atoms with Crippen LogP contribution < -0.4 is 5.32 Å². The van der Waals surface area contributed by atoms with Crippen LogP contribution >= 0.6 is 0 Å². The Morgan fingerprint density at radius 3 is 2.47 bits per heavy atom. The van der Waals surface area contributed by atoms with E-state index in [-0.39, 0.29) is 0 Å². The van der Waals surface area contributed by atoms with Crippen molar-refractivity contribution in [3.05, 3.63) is 29.8 Å². The number of anilines is 1. The van der Waals surface area contributed by atoms with E-state index in [2.05, 4.69) is 10.1 Å². The Balaban J connectivity index is 2.52. The highest BCUT2D eigenvalue weighted by Crippen LogP contribution is 2.16. The topological polar surface area (TPSA) is 62.1 Å². The predicted octanol–water partition coefficient (Wildman–Crippen LogP) is 2.46. The van der Waals surface area contributed by atoms with E-state index in [0.717, 1.165) is 0 Å². The maximum Gasteiger partial charge on any atom is 0.411 e. The van der Waals surface area contributed by atoms with Gasteiger partial charge in [0, 0.05) is 5.69 Å². The fourth-order valence-corrected chi connectivity index (χ4v) is 1.17. The van der Waals surface area contributed by atoms with Crippen LogP contribution in [0.1, 0.15) is 12.5 Å². The normalized spacial score (nSPS) is 12.6. The van der Waals surface area contributed by atoms with Gasteiger partial charge in [-0.25, -0.2) is 0 Å². The van der Waals surface area contributed by atoms with Gasteiger partial charge in [-0.15, -0.1) is 0 Å². The van der Waals surface area contributed by atoms with Crippen molar-refractivity contribution >= 4 is 11.6 Å². The van der Waals surface area contributed by atoms with Crippen LogP contribution in [-0.4, -0.2) is 24.8 Å². The van der Waals surface area contributed by atoms with Crippen molar-refractivity contribution in [2.75, 3.05) is 11.9 Å². The van der Waals surface area contributed by atoms with Gasteiger partial charge >= 0.3 is 6.18 Å². The summed E-state index contributed by atoms with van der Waals surface area (Å²) >= 11 is 0. The molecule has 0 aliphatic heterocycles. The number of alkyl halides is 3. The smallest absolute Gasteiger partial charge is 0.359 e. The maximum absolute atomic E-state index is 11.9. The molecule has 1 atom stereocenters. The molecule has 19 heavy (non-hydrogen) atoms. The molecule has 1 N–H and O–H groups in total. The van der Waals surface area contributed by atoms with Crippen LogP contribution in [0.3, 0.4) is 0 Å². The van der Waals surface area contributed by atoms with Gasteiger partial charge in [-0.05, 0) is 31.2 Å². The Kier molecular flexibility index (Phi) is 4.89. The summed E-state index contributed by atoms with van der Waals surface area (Å²) in [6.07, 6.45) is -5.69. The molecule has 0 radical (unpaired) electrons. The first kappa shape index (κ1) is 15.0. The van der Waals surface area contributed by atoms with Crippen LogP contribution in [0.2, 0.25) is 0 Å². The average Bonchev–Trinajstić information content (AvgIpc) is 2.36. The second-order valence-electron chi connectivity index (χ2n) is 3.75. The van der Waals surface area contributed by atoms with E-state index in [1.165, 1.54) is 31.2 Å². The largest absolute Gasteiger partial charge is 0.411 e. The summed E-state index contributed by atoms with van der Waals surface area (Å²) < 4.78 is 40.1. The van der Waals surface area contributed by atoms with E-state index in [1.807, 2.05) is 6.07 Å². The summed E-state index contributed by atoms with van der Waals surface area (Å²) in [6.45, 7) is -0.250. The molecule has 1 amide bonds. The van der Waals surface area contributed by atoms with Crippen LogP contribution in [0.5, 0.6) is 0 Å². The summed E-state index contributed by atoms with van der Waals surface area (Å²) in [5.74, 6) is -0.686. The summed E-state index contributed by atoms with van der Waals surface area (Å²) in [7, 11) is 0. The maximum atomic E-state index is 11.9. The summed E-state index contributed by atoms with van der Waals surface area (Å²) in [5.41, 5.74) is 0.797. The average molecular weight is 272 g/mol. The first-order valence-corrected chi connectivity index (χ1v) is 5.31. The number of carbonyl (C=O) groups excluding carboxylic acids is 1. The van der Waals surface area contributed by atoms with Crippen molar-refractivity contribution in [2.45, 2.75) is 19.2 Å². The Labute approximate surface area is 107 Å². The minimum Gasteiger partial charge on any atom is -0.359 e. The molecule has 0 saturated carbocycles. The fourth-order valence-electron chi connectivity index (χ4n) is 1.17. The predicted molar refractivity (Wildman–Crippen MR) is 61.3 cm³/mol. The fraction of sp³-hybridized carbons (Fsp3) is 0.333. The molecule has 1 aromatic carbocycles. The standard InChI is InChI=1S/C12H11F3N2O2/c1-8(19-7-12(13,14)15)11(18)17-10-4-2-9(6-16)3-5-10/h2-5,8H,7H2,1H3,(H,17,18). The number of rotatable bonds is 4. The third-order valence-electron chi connectivity index (χ3n) is 2.15. The van der Waals surface area contributed by atoms with Crippen LogP contribution in [0.25, 0.3) is 0 Å². The van der Waals surface area contributed by atoms with E-state index in [1.54, 1.807) is 0 Å². The highest BCUT2D eigenvalue weighted by Gasteiger charge is 2.29. The van der Waals surface area contributed by atoms with Gasteiger partial charge in [0.25, 0.3) is 5.91 Å². The first-order chi connectivity index (χ1) is 8.81. The molecule has 102 valence electrons. The molecule has 0 aliphatic carbocycles. The number of nitrogens with one attached hydrogen (secondary N) is 1. The third kappa shape index (κ3) is 5.40. The molecule has 0 saturated heterocycles. The van der Waals surface area contributed by atoms with E-state index in [4.69, 9.17) is 5.26 Å². The van der Waals surface area contributed by atoms with E-state index < -0.39 is 24.8 Å². The van der Waals surface area contributed by atoms with Gasteiger partial charge in [-0.3, -0.25) is 4.79 Å². The molecule has 1 unspecified atom stereocenters. The molecule has 0 aromatic heterocycles. The lowest BCUT2D eigenvalue weighted by atomic mass is 10.2. The number of benzene rings is 1. The van der Waals surface area contributed by atoms with Crippen molar-refractivity contribution in [3.63, 3.8) is 0 Å². The Morgan fingerprint density at radius 2 is 2.00 bits per heavy atom. The SMILES string of the molecule is CC(OCC(F)(F)F)C(=O)Nc1ccc(C#N)cc1. The number of amides is 1. The van der Waals surface area contributed by atoms with Gasteiger partial charge in [-0.1, -0.05) is 0 Å². The second kappa shape index (κ2) is 6.20. The monoisotopic (exact) mass is 272 g/mol. The quantitative estimate of drug-likeness (QED) is 0.915. The second-order valence-corrected chi connectivity index (χ2v) is 3.75. The number of ether oxygens (including phenoxy) is 1. The molecular formula is C12H11F3N2O2. The molecule has 0 aliphatic rings. The van der Waals surface area contributed by atoms with Crippen LogP contribution in [0.15, 0.2) is 24.3 Å². The van der Waals surface area contributed by atoms with E-state index >= 15 is 0 Å². The number of carbonyl (C=O) groups is 1. The molecule has 0 spiro atoms. The Bertz CT molecular complexity index is 477. The van der Waals surface area contributed by atoms with Crippen LogP contribution in [0, 0.1) is 11.3 Å². The number of nitrogens with zero attached hydrogens (tertiary/aromatic N) is 1. The number of halogens is 3. The van der Waals surface area contributed by atoms with Crippen molar-refractivity contribution in [1.82, 2.24) is 0 Å². The van der Waals surface area contributed by atoms with Gasteiger partial charge in [0.05, 0.1) is 11.6 Å². The summed E-state index contributed by atoms with van der Waals surface area (Å²) in [4.78, 5) is 11.5. The molecule has 7 heteroatoms. The van der Waals surface area contributed by atoms with Gasteiger partial charge < -0.3 is 10.1 Å². The number of hydrogen-bond donors (Lipinski definition) is 1. The van der Waals surface area contributed by atoms with Crippen LogP contribution in [0.4, 0.5) is 18.9 Å². The van der Waals surface area contributed by atoms with Crippen molar-refractivity contribution in [2.24, 2.45) is 0 Å². The van der Waals surface area contributed by atoms with Crippen molar-refractivity contribution in [3.8, 4) is 6.07 Å². The molecule has 4 nitrogen and oxygen atoms in total. The lowest BCUT2D eigenvalue weighted by Crippen LogP contribution is -2.31. The van der Waals surface area contributed by atoms with Gasteiger partial charge in [0.15, 0.2) is 0 Å². The molecule has 0 bridgehead atoms. The van der Waals surface area contributed by atoms with Gasteiger partial charge in [0.1, 0.15) is 12.7 Å². The number of nitriles is 1. The lowest BCUT2D eigenvalue weighted by molar-refractivity contribution is -0.184. The number of hydrogen-bond acceptors (Lipinski definition) is 3. The highest BCUT2D eigenvalue weighted by atomic mass is 19.4. The molecule has 0 heterocycles. The van der Waals surface area contributed by atoms with Crippen molar-refractivity contribution < 1.29 is 22.7 Å². The zero-order chi connectivity index (χ0) is 14.5. The van der Waals surface area contributed by atoms with Crippen LogP contribution in [-0.2, 0) is 9.53 Å². The summed E-state index contributed by atoms with van der Waals surface area (Å²) in [6, 6.07) is 7.83. The first-order valence-electron chi connectivity index (χ1n) is 5.31. The van der Waals surface area contributed by atoms with Crippen molar-refractivity contribution in [1.29, 1.82) is 5.26 Å². The lowest BCUT2D eigenvalue weighted by Gasteiger charge is -2.14.